The van der Waals surface area contributed by atoms with Gasteiger partial charge in [0, 0.05) is 37.2 Å². The number of halogens is 1. The monoisotopic (exact) mass is 655 g/mol. The van der Waals surface area contributed by atoms with Gasteiger partial charge in [0.1, 0.15) is 15.7 Å². The Labute approximate surface area is 273 Å². The quantitative estimate of drug-likeness (QED) is 0.352. The number of allylic oxidation sites excluding steroid dienone is 1. The molecule has 0 radical (unpaired) electrons. The summed E-state index contributed by atoms with van der Waals surface area (Å²) in [5, 5.41) is 0.723. The van der Waals surface area contributed by atoms with Crippen LogP contribution in [0, 0.1) is 17.8 Å². The zero-order valence-corrected chi connectivity index (χ0v) is 28.2. The first kappa shape index (κ1) is 33.5. The van der Waals surface area contributed by atoms with Crippen molar-refractivity contribution in [1.29, 1.82) is 0 Å². The second kappa shape index (κ2) is 15.1. The number of aryl methyl sites for hydroxylation is 1. The maximum atomic E-state index is 14.0. The maximum absolute atomic E-state index is 14.0. The van der Waals surface area contributed by atoms with Crippen molar-refractivity contribution in [2.75, 3.05) is 30.9 Å². The van der Waals surface area contributed by atoms with Crippen LogP contribution in [0.3, 0.4) is 0 Å². The van der Waals surface area contributed by atoms with E-state index in [4.69, 9.17) is 21.1 Å². The van der Waals surface area contributed by atoms with Gasteiger partial charge in [-0.2, -0.15) is 0 Å². The van der Waals surface area contributed by atoms with Crippen molar-refractivity contribution >= 4 is 39.0 Å². The Morgan fingerprint density at radius 1 is 1.16 bits per heavy atom. The van der Waals surface area contributed by atoms with Crippen molar-refractivity contribution < 1.29 is 23.3 Å². The number of benzene rings is 2. The summed E-state index contributed by atoms with van der Waals surface area (Å²) in [5.74, 6) is 0.624. The number of carbonyl (C=O) groups excluding carboxylic acids is 2. The largest absolute Gasteiger partial charge is 0.491 e. The molecule has 2 heterocycles. The lowest BCUT2D eigenvalue weighted by molar-refractivity contribution is -0.119. The molecule has 3 aliphatic rings. The number of methoxy groups -OCH3 is 1. The first-order valence-corrected chi connectivity index (χ1v) is 18.3. The van der Waals surface area contributed by atoms with Crippen LogP contribution in [0.5, 0.6) is 5.75 Å². The molecule has 10 heteroatoms. The van der Waals surface area contributed by atoms with E-state index in [-0.39, 0.29) is 30.1 Å². The number of hydrogen-bond donors (Lipinski definition) is 1. The van der Waals surface area contributed by atoms with Gasteiger partial charge in [0.05, 0.1) is 24.2 Å². The minimum absolute atomic E-state index is 0.0323. The minimum Gasteiger partial charge on any atom is -0.491 e. The molecule has 2 aromatic rings. The molecule has 0 aromatic heterocycles. The third kappa shape index (κ3) is 8.69. The zero-order chi connectivity index (χ0) is 32.0. The summed E-state index contributed by atoms with van der Waals surface area (Å²) in [7, 11) is -1.58. The molecule has 2 bridgehead atoms. The number of anilines is 1. The van der Waals surface area contributed by atoms with Gasteiger partial charge in [0.25, 0.3) is 5.91 Å². The topological polar surface area (TPSA) is 97.3 Å². The molecule has 2 aromatic carbocycles. The third-order valence-corrected chi connectivity index (χ3v) is 11.1. The van der Waals surface area contributed by atoms with Crippen LogP contribution in [0.15, 0.2) is 52.9 Å². The SMILES string of the molecule is CO[C@H]1/C=C/CCCS(=O)(NC(=O)CC(C)C)=NC(=O)c2ccc3c(c2)N(Cc2ccc(Cl)cc2CCCCO3)C[C@@H]2CC[C@H]21. The molecule has 1 aliphatic carbocycles. The Morgan fingerprint density at radius 3 is 2.76 bits per heavy atom. The maximum Gasteiger partial charge on any atom is 0.286 e. The van der Waals surface area contributed by atoms with Crippen molar-refractivity contribution in [3.8, 4) is 5.75 Å². The molecule has 2 aliphatic heterocycles. The number of hydrogen-bond acceptors (Lipinski definition) is 6. The lowest BCUT2D eigenvalue weighted by atomic mass is 9.70. The van der Waals surface area contributed by atoms with Gasteiger partial charge >= 0.3 is 0 Å². The Hall–Kier alpha value is -2.88. The van der Waals surface area contributed by atoms with Gasteiger partial charge < -0.3 is 14.4 Å². The van der Waals surface area contributed by atoms with Crippen LogP contribution in [0.25, 0.3) is 0 Å². The molecule has 5 rings (SSSR count). The summed E-state index contributed by atoms with van der Waals surface area (Å²) in [5.41, 5.74) is 3.53. The predicted molar refractivity (Wildman–Crippen MR) is 180 cm³/mol. The van der Waals surface area contributed by atoms with Gasteiger partial charge in [-0.1, -0.05) is 43.7 Å². The average molecular weight is 656 g/mol. The highest BCUT2D eigenvalue weighted by Crippen LogP contribution is 2.42. The second-order valence-corrected chi connectivity index (χ2v) is 15.4. The number of amides is 2. The summed E-state index contributed by atoms with van der Waals surface area (Å²) < 4.78 is 33.1. The number of ether oxygens (including phenoxy) is 2. The lowest BCUT2D eigenvalue weighted by Gasteiger charge is -2.43. The van der Waals surface area contributed by atoms with Crippen molar-refractivity contribution in [1.82, 2.24) is 4.72 Å². The fourth-order valence-corrected chi connectivity index (χ4v) is 8.32. The Balaban J connectivity index is 1.60. The van der Waals surface area contributed by atoms with E-state index in [1.807, 2.05) is 32.0 Å². The average Bonchev–Trinajstić information content (AvgIpc) is 3.00. The first-order valence-electron chi connectivity index (χ1n) is 16.2. The predicted octanol–water partition coefficient (Wildman–Crippen LogP) is 7.14. The smallest absolute Gasteiger partial charge is 0.286 e. The van der Waals surface area contributed by atoms with Crippen LogP contribution in [-0.4, -0.2) is 48.1 Å². The molecular formula is C35H46ClN3O5S. The summed E-state index contributed by atoms with van der Waals surface area (Å²) in [4.78, 5) is 28.7. The van der Waals surface area contributed by atoms with Crippen molar-refractivity contribution in [3.63, 3.8) is 0 Å². The van der Waals surface area contributed by atoms with Crippen LogP contribution in [0.2, 0.25) is 5.02 Å². The molecule has 2 amide bonds. The first-order chi connectivity index (χ1) is 21.6. The number of carbonyl (C=O) groups is 2. The molecule has 1 N–H and O–H groups in total. The third-order valence-electron chi connectivity index (χ3n) is 9.01. The molecule has 1 unspecified atom stereocenters. The van der Waals surface area contributed by atoms with Gasteiger partial charge in [-0.3, -0.25) is 14.3 Å². The van der Waals surface area contributed by atoms with E-state index in [1.165, 1.54) is 11.1 Å². The van der Waals surface area contributed by atoms with E-state index in [2.05, 4.69) is 38.3 Å². The van der Waals surface area contributed by atoms with Crippen LogP contribution in [0.1, 0.15) is 80.3 Å². The fraction of sp³-hybridized carbons (Fsp3) is 0.543. The number of nitrogens with zero attached hydrogens (tertiary/aromatic N) is 2. The molecule has 1 saturated carbocycles. The summed E-state index contributed by atoms with van der Waals surface area (Å²) in [6.45, 7) is 5.77. The van der Waals surface area contributed by atoms with Gasteiger partial charge in [0.15, 0.2) is 0 Å². The highest BCUT2D eigenvalue weighted by molar-refractivity contribution is 7.92. The molecule has 244 valence electrons. The minimum atomic E-state index is -3.34. The van der Waals surface area contributed by atoms with E-state index in [1.54, 1.807) is 13.2 Å². The molecule has 45 heavy (non-hydrogen) atoms. The summed E-state index contributed by atoms with van der Waals surface area (Å²) in [6.07, 6.45) is 10.4. The van der Waals surface area contributed by atoms with E-state index in [0.717, 1.165) is 49.4 Å². The highest BCUT2D eigenvalue weighted by atomic mass is 35.5. The standard InChI is InChI=1S/C35H46ClN3O5S/c1-24(2)19-34(40)37-45(42)18-8-4-5-10-32(43-3)30-15-12-28(30)23-39-22-27-11-14-29(36)20-25(27)9-6-7-17-44-33-16-13-26(21-31(33)39)35(41)38-45/h5,10-11,13-14,16,20-21,24,28,30,32H,4,6-9,12,15,17-19,22-23H2,1-3H3,(H,37,38,40,41,42)/b10-5+/t28-,30+,32-,45?/m0/s1. The Morgan fingerprint density at radius 2 is 2.00 bits per heavy atom. The number of fused-ring (bicyclic) bond motifs is 3. The van der Waals surface area contributed by atoms with E-state index < -0.39 is 15.8 Å². The molecule has 4 atom stereocenters. The van der Waals surface area contributed by atoms with E-state index >= 15 is 0 Å². The fourth-order valence-electron chi connectivity index (χ4n) is 6.51. The van der Waals surface area contributed by atoms with Crippen LogP contribution in [0.4, 0.5) is 5.69 Å². The number of rotatable bonds is 4. The lowest BCUT2D eigenvalue weighted by Crippen LogP contribution is -2.43. The molecule has 0 spiro atoms. The van der Waals surface area contributed by atoms with Crippen LogP contribution < -0.4 is 14.4 Å². The van der Waals surface area contributed by atoms with E-state index in [9.17, 15) is 13.8 Å². The van der Waals surface area contributed by atoms with Crippen LogP contribution in [-0.2, 0) is 32.4 Å². The molecule has 8 nitrogen and oxygen atoms in total. The van der Waals surface area contributed by atoms with Crippen molar-refractivity contribution in [2.24, 2.45) is 22.1 Å². The zero-order valence-electron chi connectivity index (χ0n) is 26.6. The van der Waals surface area contributed by atoms with E-state index in [0.29, 0.717) is 49.1 Å². The number of nitrogens with one attached hydrogen (secondary N) is 1. The Bertz CT molecular complexity index is 1530. The van der Waals surface area contributed by atoms with Crippen LogP contribution >= 0.6 is 11.6 Å². The normalized spacial score (nSPS) is 26.6. The highest BCUT2D eigenvalue weighted by Gasteiger charge is 2.38. The van der Waals surface area contributed by atoms with Crippen molar-refractivity contribution in [2.45, 2.75) is 77.9 Å². The summed E-state index contributed by atoms with van der Waals surface area (Å²) in [6, 6.07) is 11.4. The van der Waals surface area contributed by atoms with Crippen molar-refractivity contribution in [3.05, 3.63) is 70.3 Å². The second-order valence-electron chi connectivity index (χ2n) is 12.9. The van der Waals surface area contributed by atoms with Gasteiger partial charge in [-0.15, -0.1) is 4.36 Å². The molecule has 1 fully saturated rings. The van der Waals surface area contributed by atoms with Gasteiger partial charge in [-0.05, 0) is 104 Å². The summed E-state index contributed by atoms with van der Waals surface area (Å²) >= 11 is 6.43. The van der Waals surface area contributed by atoms with Gasteiger partial charge in [-0.25, -0.2) is 4.21 Å². The molecule has 0 saturated heterocycles. The van der Waals surface area contributed by atoms with Gasteiger partial charge in [0.2, 0.25) is 5.91 Å². The molecular weight excluding hydrogens is 610 g/mol. The Kier molecular flexibility index (Phi) is 11.3.